The zero-order valence-electron chi connectivity index (χ0n) is 7.71. The third-order valence-corrected chi connectivity index (χ3v) is 3.94. The molecule has 0 spiro atoms. The van der Waals surface area contributed by atoms with Crippen molar-refractivity contribution in [3.05, 3.63) is 21.1 Å². The minimum Gasteiger partial charge on any atom is -0.492 e. The first-order valence-electron chi connectivity index (χ1n) is 4.32. The molecule has 2 N–H and O–H groups in total. The fourth-order valence-electron chi connectivity index (χ4n) is 1.36. The molecular formula is C10H10INOS. The van der Waals surface area contributed by atoms with Gasteiger partial charge in [0.25, 0.3) is 0 Å². The molecule has 0 aliphatic heterocycles. The zero-order valence-corrected chi connectivity index (χ0v) is 10.7. The molecule has 0 fully saturated rings. The average Bonchev–Trinajstić information content (AvgIpc) is 2.60. The molecule has 0 unspecified atom stereocenters. The van der Waals surface area contributed by atoms with Gasteiger partial charge in [0.05, 0.1) is 15.9 Å². The van der Waals surface area contributed by atoms with Gasteiger partial charge < -0.3 is 10.5 Å². The molecule has 4 heteroatoms. The summed E-state index contributed by atoms with van der Waals surface area (Å²) >= 11 is 3.92. The molecular weight excluding hydrogens is 309 g/mol. The van der Waals surface area contributed by atoms with Crippen molar-refractivity contribution in [1.29, 1.82) is 0 Å². The number of thiophene rings is 1. The Bertz CT molecular complexity index is 466. The normalized spacial score (nSPS) is 10.7. The highest BCUT2D eigenvalue weighted by Gasteiger charge is 2.11. The van der Waals surface area contributed by atoms with E-state index in [0.717, 1.165) is 20.4 Å². The van der Waals surface area contributed by atoms with E-state index in [1.54, 1.807) is 11.3 Å². The van der Waals surface area contributed by atoms with Gasteiger partial charge in [-0.3, -0.25) is 0 Å². The molecule has 1 heterocycles. The third kappa shape index (κ3) is 1.56. The number of hydrogen-bond acceptors (Lipinski definition) is 3. The molecule has 2 aromatic rings. The molecule has 0 saturated carbocycles. The molecule has 0 radical (unpaired) electrons. The van der Waals surface area contributed by atoms with Gasteiger partial charge in [-0.05, 0) is 47.0 Å². The van der Waals surface area contributed by atoms with E-state index in [4.69, 9.17) is 10.5 Å². The lowest BCUT2D eigenvalue weighted by atomic mass is 10.2. The van der Waals surface area contributed by atoms with Crippen LogP contribution in [0.25, 0.3) is 10.1 Å². The van der Waals surface area contributed by atoms with E-state index in [1.807, 2.05) is 13.0 Å². The molecule has 0 amide bonds. The first kappa shape index (κ1) is 10.0. The highest BCUT2D eigenvalue weighted by Crippen LogP contribution is 2.37. The molecule has 2 rings (SSSR count). The number of anilines is 1. The lowest BCUT2D eigenvalue weighted by molar-refractivity contribution is 0.342. The molecule has 0 aliphatic carbocycles. The van der Waals surface area contributed by atoms with Crippen LogP contribution in [0, 0.1) is 3.57 Å². The monoisotopic (exact) mass is 319 g/mol. The second-order valence-corrected chi connectivity index (χ2v) is 4.90. The highest BCUT2D eigenvalue weighted by molar-refractivity contribution is 14.1. The molecule has 1 aromatic carbocycles. The summed E-state index contributed by atoms with van der Waals surface area (Å²) in [7, 11) is 0. The Labute approximate surface area is 100 Å². The van der Waals surface area contributed by atoms with Gasteiger partial charge >= 0.3 is 0 Å². The standard InChI is InChI=1S/C10H10INOS/c1-2-13-10-6-3-4-14-8(6)5-7(12)9(10)11/h3-5H,2,12H2,1H3. The van der Waals surface area contributed by atoms with Gasteiger partial charge in [-0.2, -0.15) is 0 Å². The van der Waals surface area contributed by atoms with Crippen LogP contribution in [0.4, 0.5) is 5.69 Å². The minimum absolute atomic E-state index is 0.671. The second kappa shape index (κ2) is 3.94. The lowest BCUT2D eigenvalue weighted by Crippen LogP contribution is -1.97. The predicted octanol–water partition coefficient (Wildman–Crippen LogP) is 3.49. The first-order chi connectivity index (χ1) is 6.74. The van der Waals surface area contributed by atoms with E-state index in [0.29, 0.717) is 6.61 Å². The van der Waals surface area contributed by atoms with Gasteiger partial charge in [0.15, 0.2) is 0 Å². The number of ether oxygens (including phenoxy) is 1. The molecule has 2 nitrogen and oxygen atoms in total. The molecule has 0 aliphatic rings. The van der Waals surface area contributed by atoms with Crippen LogP contribution in [-0.4, -0.2) is 6.61 Å². The Balaban J connectivity index is 2.73. The Morgan fingerprint density at radius 2 is 2.36 bits per heavy atom. The van der Waals surface area contributed by atoms with Crippen molar-refractivity contribution in [1.82, 2.24) is 0 Å². The zero-order chi connectivity index (χ0) is 10.1. The van der Waals surface area contributed by atoms with Gasteiger partial charge in [0, 0.05) is 10.1 Å². The molecule has 0 atom stereocenters. The molecule has 0 saturated heterocycles. The van der Waals surface area contributed by atoms with Gasteiger partial charge in [0.1, 0.15) is 5.75 Å². The predicted molar refractivity (Wildman–Crippen MR) is 70.1 cm³/mol. The van der Waals surface area contributed by atoms with Crippen LogP contribution in [0.5, 0.6) is 5.75 Å². The Morgan fingerprint density at radius 3 is 3.07 bits per heavy atom. The van der Waals surface area contributed by atoms with Crippen LogP contribution in [0.1, 0.15) is 6.92 Å². The van der Waals surface area contributed by atoms with E-state index >= 15 is 0 Å². The summed E-state index contributed by atoms with van der Waals surface area (Å²) in [6.45, 7) is 2.65. The van der Waals surface area contributed by atoms with Crippen LogP contribution < -0.4 is 10.5 Å². The van der Waals surface area contributed by atoms with E-state index in [1.165, 1.54) is 4.70 Å². The largest absolute Gasteiger partial charge is 0.492 e. The average molecular weight is 319 g/mol. The van der Waals surface area contributed by atoms with Crippen molar-refractivity contribution in [2.45, 2.75) is 6.92 Å². The van der Waals surface area contributed by atoms with Crippen LogP contribution >= 0.6 is 33.9 Å². The summed E-state index contributed by atoms with van der Waals surface area (Å²) in [5.74, 6) is 0.921. The second-order valence-electron chi connectivity index (χ2n) is 2.87. The van der Waals surface area contributed by atoms with Crippen LogP contribution in [0.2, 0.25) is 0 Å². The third-order valence-electron chi connectivity index (χ3n) is 1.97. The molecule has 0 bridgehead atoms. The fourth-order valence-corrected chi connectivity index (χ4v) is 2.80. The maximum Gasteiger partial charge on any atom is 0.143 e. The first-order valence-corrected chi connectivity index (χ1v) is 6.28. The Morgan fingerprint density at radius 1 is 1.57 bits per heavy atom. The number of nitrogen functional groups attached to an aromatic ring is 1. The van der Waals surface area contributed by atoms with Crippen molar-refractivity contribution in [2.24, 2.45) is 0 Å². The number of fused-ring (bicyclic) bond motifs is 1. The summed E-state index contributed by atoms with van der Waals surface area (Å²) < 4.78 is 7.80. The Hall–Kier alpha value is -0.490. The SMILES string of the molecule is CCOc1c(I)c(N)cc2sccc12. The minimum atomic E-state index is 0.671. The van der Waals surface area contributed by atoms with Gasteiger partial charge in [-0.1, -0.05) is 0 Å². The van der Waals surface area contributed by atoms with Gasteiger partial charge in [-0.25, -0.2) is 0 Å². The van der Waals surface area contributed by atoms with Gasteiger partial charge in [0.2, 0.25) is 0 Å². The quantitative estimate of drug-likeness (QED) is 0.679. The number of hydrogen-bond donors (Lipinski definition) is 1. The van der Waals surface area contributed by atoms with Crippen molar-refractivity contribution in [3.63, 3.8) is 0 Å². The van der Waals surface area contributed by atoms with Crippen molar-refractivity contribution in [2.75, 3.05) is 12.3 Å². The van der Waals surface area contributed by atoms with Crippen LogP contribution in [-0.2, 0) is 0 Å². The Kier molecular flexibility index (Phi) is 2.83. The summed E-state index contributed by atoms with van der Waals surface area (Å²) in [4.78, 5) is 0. The van der Waals surface area contributed by atoms with Gasteiger partial charge in [-0.15, -0.1) is 11.3 Å². The maximum absolute atomic E-state index is 5.90. The number of benzene rings is 1. The van der Waals surface area contributed by atoms with Crippen LogP contribution in [0.15, 0.2) is 17.5 Å². The highest BCUT2D eigenvalue weighted by atomic mass is 127. The smallest absolute Gasteiger partial charge is 0.143 e. The number of nitrogens with two attached hydrogens (primary N) is 1. The molecule has 14 heavy (non-hydrogen) atoms. The summed E-state index contributed by atoms with van der Waals surface area (Å²) in [5.41, 5.74) is 6.69. The summed E-state index contributed by atoms with van der Waals surface area (Å²) in [5, 5.41) is 3.22. The van der Waals surface area contributed by atoms with E-state index < -0.39 is 0 Å². The number of halogens is 1. The summed E-state index contributed by atoms with van der Waals surface area (Å²) in [6, 6.07) is 4.08. The number of rotatable bonds is 2. The van der Waals surface area contributed by atoms with Crippen LogP contribution in [0.3, 0.4) is 0 Å². The van der Waals surface area contributed by atoms with Crippen molar-refractivity contribution < 1.29 is 4.74 Å². The van der Waals surface area contributed by atoms with E-state index in [2.05, 4.69) is 34.0 Å². The maximum atomic E-state index is 5.90. The van der Waals surface area contributed by atoms with Crippen molar-refractivity contribution in [3.8, 4) is 5.75 Å². The van der Waals surface area contributed by atoms with Crippen molar-refractivity contribution >= 4 is 49.7 Å². The lowest BCUT2D eigenvalue weighted by Gasteiger charge is -2.09. The summed E-state index contributed by atoms with van der Waals surface area (Å²) in [6.07, 6.45) is 0. The molecule has 1 aromatic heterocycles. The van der Waals surface area contributed by atoms with E-state index in [9.17, 15) is 0 Å². The topological polar surface area (TPSA) is 35.2 Å². The van der Waals surface area contributed by atoms with E-state index in [-0.39, 0.29) is 0 Å². The molecule has 74 valence electrons. The fraction of sp³-hybridized carbons (Fsp3) is 0.200.